The van der Waals surface area contributed by atoms with Crippen molar-refractivity contribution in [3.05, 3.63) is 29.8 Å². The van der Waals surface area contributed by atoms with Crippen LogP contribution in [0.25, 0.3) is 0 Å². The smallest absolute Gasteiger partial charge is 0.390 e. The molecule has 0 aliphatic carbocycles. The monoisotopic (exact) mass is 295 g/mol. The second-order valence-corrected chi connectivity index (χ2v) is 6.63. The Bertz CT molecular complexity index is 571. The van der Waals surface area contributed by atoms with Gasteiger partial charge in [-0.3, -0.25) is 0 Å². The van der Waals surface area contributed by atoms with Crippen molar-refractivity contribution >= 4 is 15.5 Å². The number of sulfone groups is 1. The molecule has 8 heteroatoms. The summed E-state index contributed by atoms with van der Waals surface area (Å²) < 4.78 is 60.1. The molecule has 1 fully saturated rings. The molecule has 0 spiro atoms. The van der Waals surface area contributed by atoms with Crippen molar-refractivity contribution < 1.29 is 26.7 Å². The molecular weight excluding hydrogens is 283 g/mol. The maximum atomic E-state index is 12.5. The van der Waals surface area contributed by atoms with Gasteiger partial charge in [-0.25, -0.2) is 8.42 Å². The second kappa shape index (κ2) is 4.68. The lowest BCUT2D eigenvalue weighted by Gasteiger charge is -2.17. The molecule has 0 bridgehead atoms. The first-order chi connectivity index (χ1) is 8.67. The van der Waals surface area contributed by atoms with Gasteiger partial charge >= 0.3 is 6.18 Å². The SMILES string of the molecule is O=S1(=O)C[C@H](O)[C@H](Nc2cccc(C(F)(F)F)c2)C1. The first-order valence-corrected chi connectivity index (χ1v) is 7.32. The van der Waals surface area contributed by atoms with E-state index in [4.69, 9.17) is 0 Å². The minimum Gasteiger partial charge on any atom is -0.390 e. The predicted octanol–water partition coefficient (Wildman–Crippen LogP) is 1.28. The first kappa shape index (κ1) is 14.1. The maximum absolute atomic E-state index is 12.5. The molecule has 0 radical (unpaired) electrons. The number of anilines is 1. The van der Waals surface area contributed by atoms with Gasteiger partial charge < -0.3 is 10.4 Å². The van der Waals surface area contributed by atoms with Gasteiger partial charge in [0.1, 0.15) is 0 Å². The Morgan fingerprint density at radius 1 is 1.26 bits per heavy atom. The van der Waals surface area contributed by atoms with Crippen LogP contribution in [0, 0.1) is 0 Å². The average Bonchev–Trinajstić information content (AvgIpc) is 2.51. The molecule has 2 atom stereocenters. The number of hydrogen-bond acceptors (Lipinski definition) is 4. The zero-order valence-electron chi connectivity index (χ0n) is 9.68. The quantitative estimate of drug-likeness (QED) is 0.862. The molecule has 4 nitrogen and oxygen atoms in total. The van der Waals surface area contributed by atoms with Crippen LogP contribution in [0.15, 0.2) is 24.3 Å². The molecule has 106 valence electrons. The number of halogens is 3. The van der Waals surface area contributed by atoms with Crippen molar-refractivity contribution in [1.82, 2.24) is 0 Å². The van der Waals surface area contributed by atoms with E-state index in [2.05, 4.69) is 5.32 Å². The summed E-state index contributed by atoms with van der Waals surface area (Å²) in [7, 11) is -3.34. The van der Waals surface area contributed by atoms with Crippen LogP contribution in [0.4, 0.5) is 18.9 Å². The second-order valence-electron chi connectivity index (χ2n) is 4.47. The Hall–Kier alpha value is -1.28. The summed E-state index contributed by atoms with van der Waals surface area (Å²) in [6.07, 6.45) is -5.57. The lowest BCUT2D eigenvalue weighted by molar-refractivity contribution is -0.137. The Kier molecular flexibility index (Phi) is 3.48. The molecule has 19 heavy (non-hydrogen) atoms. The van der Waals surface area contributed by atoms with E-state index in [1.54, 1.807) is 0 Å². The Labute approximate surface area is 108 Å². The van der Waals surface area contributed by atoms with E-state index in [0.29, 0.717) is 0 Å². The van der Waals surface area contributed by atoms with Gasteiger partial charge in [-0.2, -0.15) is 13.2 Å². The molecule has 0 amide bonds. The lowest BCUT2D eigenvalue weighted by Crippen LogP contribution is -2.31. The van der Waals surface area contributed by atoms with E-state index >= 15 is 0 Å². The Morgan fingerprint density at radius 2 is 1.95 bits per heavy atom. The predicted molar refractivity (Wildman–Crippen MR) is 63.5 cm³/mol. The van der Waals surface area contributed by atoms with E-state index in [1.807, 2.05) is 0 Å². The van der Waals surface area contributed by atoms with Crippen molar-refractivity contribution in [1.29, 1.82) is 0 Å². The van der Waals surface area contributed by atoms with Gasteiger partial charge in [0.2, 0.25) is 0 Å². The van der Waals surface area contributed by atoms with Gasteiger partial charge in [0, 0.05) is 5.69 Å². The van der Waals surface area contributed by atoms with Gasteiger partial charge in [0.05, 0.1) is 29.2 Å². The highest BCUT2D eigenvalue weighted by molar-refractivity contribution is 7.91. The fourth-order valence-electron chi connectivity index (χ4n) is 1.97. The van der Waals surface area contributed by atoms with Crippen LogP contribution >= 0.6 is 0 Å². The molecule has 0 unspecified atom stereocenters. The number of rotatable bonds is 2. The fraction of sp³-hybridized carbons (Fsp3) is 0.455. The van der Waals surface area contributed by atoms with E-state index in [9.17, 15) is 26.7 Å². The average molecular weight is 295 g/mol. The van der Waals surface area contributed by atoms with Crippen molar-refractivity contribution in [2.45, 2.75) is 18.3 Å². The minimum absolute atomic E-state index is 0.135. The zero-order chi connectivity index (χ0) is 14.3. The van der Waals surface area contributed by atoms with Crippen LogP contribution in [0.5, 0.6) is 0 Å². The van der Waals surface area contributed by atoms with Crippen LogP contribution < -0.4 is 5.32 Å². The van der Waals surface area contributed by atoms with Crippen LogP contribution in [-0.4, -0.2) is 37.2 Å². The molecule has 1 aliphatic rings. The number of aliphatic hydroxyl groups excluding tert-OH is 1. The zero-order valence-corrected chi connectivity index (χ0v) is 10.5. The third-order valence-electron chi connectivity index (χ3n) is 2.86. The van der Waals surface area contributed by atoms with E-state index < -0.39 is 33.7 Å². The number of benzene rings is 1. The van der Waals surface area contributed by atoms with Gasteiger partial charge in [-0.1, -0.05) is 6.07 Å². The highest BCUT2D eigenvalue weighted by Gasteiger charge is 2.37. The van der Waals surface area contributed by atoms with Crippen molar-refractivity contribution in [2.24, 2.45) is 0 Å². The Balaban J connectivity index is 2.16. The molecule has 0 aromatic heterocycles. The lowest BCUT2D eigenvalue weighted by atomic mass is 10.1. The molecule has 1 aliphatic heterocycles. The maximum Gasteiger partial charge on any atom is 0.416 e. The largest absolute Gasteiger partial charge is 0.416 e. The topological polar surface area (TPSA) is 66.4 Å². The van der Waals surface area contributed by atoms with Crippen molar-refractivity contribution in [3.8, 4) is 0 Å². The summed E-state index contributed by atoms with van der Waals surface area (Å²) in [4.78, 5) is 0. The normalized spacial score (nSPS) is 26.3. The third kappa shape index (κ3) is 3.38. The van der Waals surface area contributed by atoms with Crippen molar-refractivity contribution in [3.63, 3.8) is 0 Å². The molecular formula is C11H12F3NO3S. The van der Waals surface area contributed by atoms with Crippen LogP contribution in [-0.2, 0) is 16.0 Å². The van der Waals surface area contributed by atoms with Crippen LogP contribution in [0.2, 0.25) is 0 Å². The standard InChI is InChI=1S/C11H12F3NO3S/c12-11(13,14)7-2-1-3-8(4-7)15-9-5-19(17,18)6-10(9)16/h1-4,9-10,15-16H,5-6H2/t9-,10+/m1/s1. The number of aliphatic hydroxyl groups is 1. The molecule has 1 saturated heterocycles. The molecule has 0 saturated carbocycles. The Morgan fingerprint density at radius 3 is 2.47 bits per heavy atom. The summed E-state index contributed by atoms with van der Waals surface area (Å²) in [6.45, 7) is 0. The molecule has 2 N–H and O–H groups in total. The van der Waals surface area contributed by atoms with Gasteiger partial charge in [-0.15, -0.1) is 0 Å². The molecule has 1 heterocycles. The summed E-state index contributed by atoms with van der Waals surface area (Å²) in [5.74, 6) is -0.659. The summed E-state index contributed by atoms with van der Waals surface area (Å²) >= 11 is 0. The molecule has 2 rings (SSSR count). The summed E-state index contributed by atoms with van der Waals surface area (Å²) in [5.41, 5.74) is -0.691. The van der Waals surface area contributed by atoms with Crippen molar-refractivity contribution in [2.75, 3.05) is 16.8 Å². The van der Waals surface area contributed by atoms with Crippen LogP contribution in [0.3, 0.4) is 0 Å². The summed E-state index contributed by atoms with van der Waals surface area (Å²) in [5, 5.41) is 12.2. The van der Waals surface area contributed by atoms with Gasteiger partial charge in [0.25, 0.3) is 0 Å². The van der Waals surface area contributed by atoms with E-state index in [1.165, 1.54) is 12.1 Å². The highest BCUT2D eigenvalue weighted by atomic mass is 32.2. The first-order valence-electron chi connectivity index (χ1n) is 5.50. The minimum atomic E-state index is -4.46. The fourth-order valence-corrected chi connectivity index (χ4v) is 3.71. The number of alkyl halides is 3. The van der Waals surface area contributed by atoms with E-state index in [-0.39, 0.29) is 17.2 Å². The van der Waals surface area contributed by atoms with Crippen LogP contribution in [0.1, 0.15) is 5.56 Å². The highest BCUT2D eigenvalue weighted by Crippen LogP contribution is 2.31. The number of nitrogens with one attached hydrogen (secondary N) is 1. The third-order valence-corrected chi connectivity index (χ3v) is 4.58. The van der Waals surface area contributed by atoms with E-state index in [0.717, 1.165) is 12.1 Å². The van der Waals surface area contributed by atoms with Gasteiger partial charge in [0.15, 0.2) is 9.84 Å². The number of hydrogen-bond donors (Lipinski definition) is 2. The molecule has 1 aromatic carbocycles. The molecule has 1 aromatic rings. The van der Waals surface area contributed by atoms with Gasteiger partial charge in [-0.05, 0) is 18.2 Å². The summed E-state index contributed by atoms with van der Waals surface area (Å²) in [6, 6.07) is 3.65.